The van der Waals surface area contributed by atoms with E-state index in [9.17, 15) is 9.59 Å². The molecule has 110 valence electrons. The van der Waals surface area contributed by atoms with Crippen molar-refractivity contribution in [2.45, 2.75) is 46.1 Å². The monoisotopic (exact) mass is 341 g/mol. The number of carbonyl (C=O) groups is 2. The van der Waals surface area contributed by atoms with Crippen molar-refractivity contribution in [1.82, 2.24) is 0 Å². The van der Waals surface area contributed by atoms with Crippen molar-refractivity contribution in [2.24, 2.45) is 0 Å². The fraction of sp³-hybridized carbons (Fsp3) is 0.467. The average Bonchev–Trinajstić information content (AvgIpc) is 2.29. The van der Waals surface area contributed by atoms with Gasteiger partial charge in [0.15, 0.2) is 0 Å². The number of ether oxygens (including phenoxy) is 1. The summed E-state index contributed by atoms with van der Waals surface area (Å²) in [5, 5.41) is 2.79. The smallest absolute Gasteiger partial charge is 0.306 e. The van der Waals surface area contributed by atoms with Gasteiger partial charge in [-0.2, -0.15) is 0 Å². The summed E-state index contributed by atoms with van der Waals surface area (Å²) >= 11 is 3.36. The van der Waals surface area contributed by atoms with Crippen LogP contribution < -0.4 is 5.32 Å². The van der Waals surface area contributed by atoms with Gasteiger partial charge in [0.2, 0.25) is 5.91 Å². The molecule has 0 radical (unpaired) electrons. The second-order valence-electron chi connectivity index (χ2n) is 5.59. The minimum absolute atomic E-state index is 0.0795. The summed E-state index contributed by atoms with van der Waals surface area (Å²) in [5.41, 5.74) is 1.20. The number of hydrogen-bond acceptors (Lipinski definition) is 3. The summed E-state index contributed by atoms with van der Waals surface area (Å²) in [6.07, 6.45) is 0.191. The lowest BCUT2D eigenvalue weighted by atomic mass is 10.2. The molecule has 5 heteroatoms. The molecular weight excluding hydrogens is 322 g/mol. The number of halogens is 1. The van der Waals surface area contributed by atoms with Crippen LogP contribution in [0.2, 0.25) is 0 Å². The van der Waals surface area contributed by atoms with Crippen molar-refractivity contribution < 1.29 is 14.3 Å². The van der Waals surface area contributed by atoms with Crippen LogP contribution >= 0.6 is 15.9 Å². The molecular formula is C15H20BrNO3. The van der Waals surface area contributed by atoms with E-state index in [0.717, 1.165) is 15.7 Å². The molecule has 0 spiro atoms. The van der Waals surface area contributed by atoms with Crippen molar-refractivity contribution in [3.8, 4) is 0 Å². The lowest BCUT2D eigenvalue weighted by Crippen LogP contribution is -2.24. The van der Waals surface area contributed by atoms with E-state index in [2.05, 4.69) is 21.2 Å². The predicted octanol–water partition coefficient (Wildman–Crippen LogP) is 3.82. The van der Waals surface area contributed by atoms with Gasteiger partial charge in [0, 0.05) is 16.6 Å². The van der Waals surface area contributed by atoms with Crippen LogP contribution in [0.5, 0.6) is 0 Å². The second-order valence-corrected chi connectivity index (χ2v) is 6.51. The Hall–Kier alpha value is -1.36. The molecule has 0 aliphatic carbocycles. The highest BCUT2D eigenvalue weighted by Crippen LogP contribution is 2.21. The van der Waals surface area contributed by atoms with Gasteiger partial charge in [-0.1, -0.05) is 22.0 Å². The van der Waals surface area contributed by atoms with Crippen LogP contribution in [0.4, 0.5) is 5.69 Å². The molecule has 1 aromatic rings. The van der Waals surface area contributed by atoms with Gasteiger partial charge in [-0.15, -0.1) is 0 Å². The van der Waals surface area contributed by atoms with Crippen LogP contribution in [-0.4, -0.2) is 17.5 Å². The molecule has 1 aromatic carbocycles. The normalized spacial score (nSPS) is 11.1. The van der Waals surface area contributed by atoms with Gasteiger partial charge in [0.05, 0.1) is 6.42 Å². The lowest BCUT2D eigenvalue weighted by Gasteiger charge is -2.19. The van der Waals surface area contributed by atoms with Crippen molar-refractivity contribution in [3.63, 3.8) is 0 Å². The molecule has 1 rings (SSSR count). The molecule has 4 nitrogen and oxygen atoms in total. The van der Waals surface area contributed by atoms with E-state index in [0.29, 0.717) is 0 Å². The van der Waals surface area contributed by atoms with Crippen LogP contribution in [0.15, 0.2) is 22.7 Å². The van der Waals surface area contributed by atoms with Crippen molar-refractivity contribution in [2.75, 3.05) is 5.32 Å². The summed E-state index contributed by atoms with van der Waals surface area (Å²) in [6, 6.07) is 5.65. The Morgan fingerprint density at radius 3 is 2.50 bits per heavy atom. The molecule has 0 saturated heterocycles. The topological polar surface area (TPSA) is 55.4 Å². The zero-order valence-electron chi connectivity index (χ0n) is 12.2. The highest BCUT2D eigenvalue weighted by molar-refractivity contribution is 9.10. The Balaban J connectivity index is 2.48. The SMILES string of the molecule is Cc1ccc(Br)cc1NC(=O)CCC(=O)OC(C)(C)C. The van der Waals surface area contributed by atoms with E-state index in [1.165, 1.54) is 0 Å². The van der Waals surface area contributed by atoms with Gasteiger partial charge >= 0.3 is 5.97 Å². The zero-order valence-corrected chi connectivity index (χ0v) is 13.8. The number of hydrogen-bond donors (Lipinski definition) is 1. The number of amides is 1. The highest BCUT2D eigenvalue weighted by atomic mass is 79.9. The fourth-order valence-corrected chi connectivity index (χ4v) is 1.91. The number of benzene rings is 1. The maximum atomic E-state index is 11.8. The molecule has 0 fully saturated rings. The predicted molar refractivity (Wildman–Crippen MR) is 82.6 cm³/mol. The number of nitrogens with one attached hydrogen (secondary N) is 1. The van der Waals surface area contributed by atoms with Gasteiger partial charge < -0.3 is 10.1 Å². The third-order valence-corrected chi connectivity index (χ3v) is 2.94. The Kier molecular flexibility index (Phi) is 5.74. The van der Waals surface area contributed by atoms with Gasteiger partial charge in [0.1, 0.15) is 5.60 Å². The maximum Gasteiger partial charge on any atom is 0.306 e. The number of anilines is 1. The molecule has 20 heavy (non-hydrogen) atoms. The molecule has 0 aliphatic rings. The molecule has 1 N–H and O–H groups in total. The van der Waals surface area contributed by atoms with E-state index >= 15 is 0 Å². The van der Waals surface area contributed by atoms with Crippen LogP contribution in [0.25, 0.3) is 0 Å². The average molecular weight is 342 g/mol. The Morgan fingerprint density at radius 1 is 1.25 bits per heavy atom. The summed E-state index contributed by atoms with van der Waals surface area (Å²) in [6.45, 7) is 7.32. The van der Waals surface area contributed by atoms with Crippen molar-refractivity contribution in [1.29, 1.82) is 0 Å². The van der Waals surface area contributed by atoms with E-state index in [4.69, 9.17) is 4.74 Å². The van der Waals surface area contributed by atoms with E-state index < -0.39 is 5.60 Å². The van der Waals surface area contributed by atoms with Crippen molar-refractivity contribution in [3.05, 3.63) is 28.2 Å². The van der Waals surface area contributed by atoms with Crippen LogP contribution in [0, 0.1) is 6.92 Å². The number of esters is 1. The van der Waals surface area contributed by atoms with Crippen LogP contribution in [-0.2, 0) is 14.3 Å². The molecule has 0 saturated carbocycles. The number of carbonyl (C=O) groups excluding carboxylic acids is 2. The third-order valence-electron chi connectivity index (χ3n) is 2.45. The first-order valence-corrected chi connectivity index (χ1v) is 7.24. The maximum absolute atomic E-state index is 11.8. The van der Waals surface area contributed by atoms with Crippen LogP contribution in [0.1, 0.15) is 39.2 Å². The molecule has 0 atom stereocenters. The van der Waals surface area contributed by atoms with E-state index in [1.807, 2.05) is 25.1 Å². The number of aryl methyl sites for hydroxylation is 1. The van der Waals surface area contributed by atoms with Gasteiger partial charge in [-0.25, -0.2) is 0 Å². The van der Waals surface area contributed by atoms with E-state index in [1.54, 1.807) is 20.8 Å². The largest absolute Gasteiger partial charge is 0.460 e. The molecule has 0 unspecified atom stereocenters. The Bertz CT molecular complexity index is 506. The second kappa shape index (κ2) is 6.88. The highest BCUT2D eigenvalue weighted by Gasteiger charge is 2.17. The van der Waals surface area contributed by atoms with Gasteiger partial charge in [-0.3, -0.25) is 9.59 Å². The number of rotatable bonds is 4. The van der Waals surface area contributed by atoms with Gasteiger partial charge in [-0.05, 0) is 45.4 Å². The first kappa shape index (κ1) is 16.7. The molecule has 0 aliphatic heterocycles. The standard InChI is InChI=1S/C15H20BrNO3/c1-10-5-6-11(16)9-12(10)17-13(18)7-8-14(19)20-15(2,3)4/h5-6,9H,7-8H2,1-4H3,(H,17,18). The Morgan fingerprint density at radius 2 is 1.90 bits per heavy atom. The molecule has 0 heterocycles. The minimum atomic E-state index is -0.519. The molecule has 1 amide bonds. The third kappa shape index (κ3) is 6.19. The van der Waals surface area contributed by atoms with Crippen molar-refractivity contribution >= 4 is 33.5 Å². The fourth-order valence-electron chi connectivity index (χ4n) is 1.55. The van der Waals surface area contributed by atoms with Crippen LogP contribution in [0.3, 0.4) is 0 Å². The summed E-state index contributed by atoms with van der Waals surface area (Å²) in [4.78, 5) is 23.3. The minimum Gasteiger partial charge on any atom is -0.460 e. The van der Waals surface area contributed by atoms with Gasteiger partial charge in [0.25, 0.3) is 0 Å². The molecule has 0 bridgehead atoms. The first-order chi connectivity index (χ1) is 9.17. The summed E-state index contributed by atoms with van der Waals surface area (Å²) in [7, 11) is 0. The quantitative estimate of drug-likeness (QED) is 0.847. The summed E-state index contributed by atoms with van der Waals surface area (Å²) < 4.78 is 6.05. The lowest BCUT2D eigenvalue weighted by molar-refractivity contribution is -0.155. The molecule has 0 aromatic heterocycles. The first-order valence-electron chi connectivity index (χ1n) is 6.45. The Labute approximate surface area is 128 Å². The summed E-state index contributed by atoms with van der Waals surface area (Å²) in [5.74, 6) is -0.560. The van der Waals surface area contributed by atoms with E-state index in [-0.39, 0.29) is 24.7 Å². The zero-order chi connectivity index (χ0) is 15.3.